The molecule has 1 amide bonds. The fourth-order valence-corrected chi connectivity index (χ4v) is 1.58. The van der Waals surface area contributed by atoms with E-state index in [0.717, 1.165) is 10.5 Å². The van der Waals surface area contributed by atoms with Crippen molar-refractivity contribution in [3.05, 3.63) is 11.9 Å². The van der Waals surface area contributed by atoms with Gasteiger partial charge in [0, 0.05) is 12.0 Å². The van der Waals surface area contributed by atoms with Crippen molar-refractivity contribution in [3.63, 3.8) is 0 Å². The Bertz CT molecular complexity index is 492. The smallest absolute Gasteiger partial charge is 0.359 e. The number of hydrogen-bond donors (Lipinski definition) is 3. The van der Waals surface area contributed by atoms with Gasteiger partial charge in [0.25, 0.3) is 0 Å². The first-order chi connectivity index (χ1) is 9.71. The summed E-state index contributed by atoms with van der Waals surface area (Å²) in [7, 11) is 0. The van der Waals surface area contributed by atoms with Crippen LogP contribution in [0.1, 0.15) is 45.7 Å². The van der Waals surface area contributed by atoms with E-state index < -0.39 is 18.0 Å². The third kappa shape index (κ3) is 5.50. The molecule has 0 bridgehead atoms. The molecule has 8 nitrogen and oxygen atoms in total. The third-order valence-electron chi connectivity index (χ3n) is 2.98. The van der Waals surface area contributed by atoms with Gasteiger partial charge in [0.2, 0.25) is 0 Å². The number of nitrogens with two attached hydrogens (primary N) is 1. The van der Waals surface area contributed by atoms with Crippen molar-refractivity contribution in [2.45, 2.75) is 51.5 Å². The number of carbonyl (C=O) groups excluding carboxylic acids is 1. The molecule has 0 aliphatic rings. The quantitative estimate of drug-likeness (QED) is 0.665. The number of rotatable bonds is 6. The molecule has 0 aliphatic carbocycles. The maximum atomic E-state index is 11.8. The minimum atomic E-state index is -1.01. The zero-order chi connectivity index (χ0) is 16.0. The van der Waals surface area contributed by atoms with Crippen LogP contribution in [0, 0.1) is 0 Å². The molecule has 0 saturated heterocycles. The summed E-state index contributed by atoms with van der Waals surface area (Å²) in [4.78, 5) is 23.4. The second-order valence-corrected chi connectivity index (χ2v) is 5.94. The number of aliphatic carboxylic acids is 1. The third-order valence-corrected chi connectivity index (χ3v) is 2.98. The van der Waals surface area contributed by atoms with Gasteiger partial charge in [0.05, 0.1) is 11.9 Å². The number of aromatic nitrogens is 3. The molecule has 0 radical (unpaired) electrons. The molecule has 0 spiro atoms. The summed E-state index contributed by atoms with van der Waals surface area (Å²) in [6.07, 6.45) is 3.25. The molecule has 0 unspecified atom stereocenters. The van der Waals surface area contributed by atoms with Gasteiger partial charge >= 0.3 is 12.0 Å². The minimum absolute atomic E-state index is 0.161. The van der Waals surface area contributed by atoms with Crippen LogP contribution in [0.5, 0.6) is 0 Å². The zero-order valence-corrected chi connectivity index (χ0v) is 12.7. The van der Waals surface area contributed by atoms with Gasteiger partial charge in [-0.1, -0.05) is 25.6 Å². The second-order valence-electron chi connectivity index (χ2n) is 5.94. The normalized spacial score (nSPS) is 13.0. The average Bonchev–Trinajstić information content (AvgIpc) is 2.87. The first kappa shape index (κ1) is 17.1. The van der Waals surface area contributed by atoms with Crippen molar-refractivity contribution in [2.24, 2.45) is 5.73 Å². The number of unbranched alkanes of at least 4 members (excludes halogenated alkanes) is 1. The van der Waals surface area contributed by atoms with Crippen molar-refractivity contribution in [3.8, 4) is 0 Å². The highest BCUT2D eigenvalue weighted by Gasteiger charge is 2.19. The fraction of sp³-hybridized carbons (Fsp3) is 0.692. The van der Waals surface area contributed by atoms with Crippen LogP contribution in [0.2, 0.25) is 0 Å². The molecular formula is C13H23N5O3. The Morgan fingerprint density at radius 1 is 1.43 bits per heavy atom. The Balaban J connectivity index is 2.31. The van der Waals surface area contributed by atoms with Gasteiger partial charge < -0.3 is 16.2 Å². The average molecular weight is 297 g/mol. The molecule has 1 rings (SSSR count). The Morgan fingerprint density at radius 2 is 2.10 bits per heavy atom. The van der Waals surface area contributed by atoms with Gasteiger partial charge in [-0.15, -0.1) is 5.10 Å². The van der Waals surface area contributed by atoms with Crippen LogP contribution in [-0.2, 0) is 10.2 Å². The van der Waals surface area contributed by atoms with Crippen LogP contribution in [0.15, 0.2) is 6.20 Å². The van der Waals surface area contributed by atoms with E-state index in [1.807, 2.05) is 20.8 Å². The van der Waals surface area contributed by atoms with Crippen molar-refractivity contribution in [1.29, 1.82) is 0 Å². The Labute approximate surface area is 123 Å². The molecule has 0 aromatic carbocycles. The zero-order valence-electron chi connectivity index (χ0n) is 12.7. The lowest BCUT2D eigenvalue weighted by atomic mass is 9.93. The lowest BCUT2D eigenvalue weighted by molar-refractivity contribution is -0.138. The number of carboxylic acid groups (broad SMARTS) is 1. The molecule has 1 atom stereocenters. The van der Waals surface area contributed by atoms with Crippen LogP contribution >= 0.6 is 0 Å². The second kappa shape index (κ2) is 7.16. The van der Waals surface area contributed by atoms with Crippen LogP contribution in [0.4, 0.5) is 4.79 Å². The number of carbonyl (C=O) groups is 2. The standard InChI is InChI=1S/C13H23N5O3/c1-13(2,3)10-8-16-18(17-10)12(21)15-7-5-4-6-9(14)11(19)20/h8-9H,4-7,14H2,1-3H3,(H,15,21)(H,19,20)/t9-/m0/s1. The van der Waals surface area contributed by atoms with Crippen molar-refractivity contribution in [1.82, 2.24) is 20.3 Å². The summed E-state index contributed by atoms with van der Waals surface area (Å²) in [6.45, 7) is 6.40. The summed E-state index contributed by atoms with van der Waals surface area (Å²) in [5.74, 6) is -1.01. The van der Waals surface area contributed by atoms with Crippen LogP contribution in [0.3, 0.4) is 0 Å². The summed E-state index contributed by atoms with van der Waals surface area (Å²) in [5, 5.41) is 19.4. The molecule has 0 aliphatic heterocycles. The molecule has 0 fully saturated rings. The maximum Gasteiger partial charge on any atom is 0.359 e. The van der Waals surface area contributed by atoms with E-state index in [2.05, 4.69) is 15.5 Å². The topological polar surface area (TPSA) is 123 Å². The van der Waals surface area contributed by atoms with Gasteiger partial charge in [-0.05, 0) is 19.3 Å². The van der Waals surface area contributed by atoms with E-state index in [-0.39, 0.29) is 5.41 Å². The SMILES string of the molecule is CC(C)(C)c1cnn(C(=O)NCCCC[C@H](N)C(=O)O)n1. The van der Waals surface area contributed by atoms with Crippen LogP contribution < -0.4 is 11.1 Å². The van der Waals surface area contributed by atoms with E-state index in [0.29, 0.717) is 25.8 Å². The number of hydrogen-bond acceptors (Lipinski definition) is 5. The first-order valence-electron chi connectivity index (χ1n) is 6.91. The van der Waals surface area contributed by atoms with Crippen molar-refractivity contribution >= 4 is 12.0 Å². The Hall–Kier alpha value is -1.96. The molecule has 1 aromatic rings. The highest BCUT2D eigenvalue weighted by atomic mass is 16.4. The van der Waals surface area contributed by atoms with Gasteiger partial charge in [-0.3, -0.25) is 4.79 Å². The summed E-state index contributed by atoms with van der Waals surface area (Å²) in [6, 6.07) is -1.24. The number of nitrogens with one attached hydrogen (secondary N) is 1. The summed E-state index contributed by atoms with van der Waals surface area (Å²) < 4.78 is 0. The van der Waals surface area contributed by atoms with Gasteiger partial charge in [-0.25, -0.2) is 4.79 Å². The molecule has 0 saturated carbocycles. The lowest BCUT2D eigenvalue weighted by Crippen LogP contribution is -2.32. The van der Waals surface area contributed by atoms with E-state index in [1.54, 1.807) is 6.20 Å². The number of nitrogens with zero attached hydrogens (tertiary/aromatic N) is 3. The van der Waals surface area contributed by atoms with E-state index >= 15 is 0 Å². The number of carboxylic acids is 1. The van der Waals surface area contributed by atoms with E-state index in [4.69, 9.17) is 10.8 Å². The van der Waals surface area contributed by atoms with Crippen molar-refractivity contribution < 1.29 is 14.7 Å². The van der Waals surface area contributed by atoms with E-state index in [9.17, 15) is 9.59 Å². The highest BCUT2D eigenvalue weighted by Crippen LogP contribution is 2.18. The first-order valence-corrected chi connectivity index (χ1v) is 6.91. The van der Waals surface area contributed by atoms with Crippen LogP contribution in [0.25, 0.3) is 0 Å². The lowest BCUT2D eigenvalue weighted by Gasteiger charge is -2.13. The predicted octanol–water partition coefficient (Wildman–Crippen LogP) is 0.716. The molecule has 118 valence electrons. The summed E-state index contributed by atoms with van der Waals surface area (Å²) in [5.41, 5.74) is 5.96. The van der Waals surface area contributed by atoms with E-state index in [1.165, 1.54) is 0 Å². The Morgan fingerprint density at radius 3 is 2.62 bits per heavy atom. The molecule has 4 N–H and O–H groups in total. The molecular weight excluding hydrogens is 274 g/mol. The minimum Gasteiger partial charge on any atom is -0.480 e. The van der Waals surface area contributed by atoms with Gasteiger partial charge in [-0.2, -0.15) is 5.10 Å². The van der Waals surface area contributed by atoms with Crippen LogP contribution in [-0.4, -0.2) is 44.7 Å². The fourth-order valence-electron chi connectivity index (χ4n) is 1.58. The molecule has 8 heteroatoms. The predicted molar refractivity (Wildman–Crippen MR) is 77.0 cm³/mol. The molecule has 1 aromatic heterocycles. The number of amides is 1. The monoisotopic (exact) mass is 297 g/mol. The largest absolute Gasteiger partial charge is 0.480 e. The maximum absolute atomic E-state index is 11.8. The molecule has 21 heavy (non-hydrogen) atoms. The van der Waals surface area contributed by atoms with Crippen molar-refractivity contribution in [2.75, 3.05) is 6.54 Å². The highest BCUT2D eigenvalue weighted by molar-refractivity contribution is 5.74. The molecule has 1 heterocycles. The van der Waals surface area contributed by atoms with Gasteiger partial charge in [0.15, 0.2) is 0 Å². The summed E-state index contributed by atoms with van der Waals surface area (Å²) >= 11 is 0. The van der Waals surface area contributed by atoms with Gasteiger partial charge in [0.1, 0.15) is 6.04 Å². The Kier molecular flexibility index (Phi) is 5.83.